The number of ether oxygens (including phenoxy) is 1. The number of rotatable bonds is 3. The zero-order valence-corrected chi connectivity index (χ0v) is 16.9. The molecule has 2 unspecified atom stereocenters. The molecule has 4 aliphatic rings. The lowest BCUT2D eigenvalue weighted by molar-refractivity contribution is -0.0411. The van der Waals surface area contributed by atoms with Crippen LogP contribution >= 0.6 is 11.6 Å². The second kappa shape index (κ2) is 6.10. The van der Waals surface area contributed by atoms with Crippen LogP contribution in [0.5, 0.6) is 0 Å². The highest BCUT2D eigenvalue weighted by Crippen LogP contribution is 2.67. The Balaban J connectivity index is 1.57. The van der Waals surface area contributed by atoms with Crippen molar-refractivity contribution < 1.29 is 9.53 Å². The van der Waals surface area contributed by atoms with E-state index in [9.17, 15) is 4.79 Å². The highest BCUT2D eigenvalue weighted by atomic mass is 35.5. The number of hydrogen-bond donors (Lipinski definition) is 0. The van der Waals surface area contributed by atoms with Crippen LogP contribution in [0.3, 0.4) is 0 Å². The van der Waals surface area contributed by atoms with Gasteiger partial charge in [0.2, 0.25) is 0 Å². The molecule has 2 aromatic carbocycles. The number of benzene rings is 2. The summed E-state index contributed by atoms with van der Waals surface area (Å²) in [5.41, 5.74) is 2.68. The third kappa shape index (κ3) is 2.22. The molecule has 0 N–H and O–H groups in total. The van der Waals surface area contributed by atoms with Crippen LogP contribution < -0.4 is 0 Å². The summed E-state index contributed by atoms with van der Waals surface area (Å²) >= 11 is 6.24. The Morgan fingerprint density at radius 2 is 1.86 bits per heavy atom. The zero-order valence-electron chi connectivity index (χ0n) is 16.2. The summed E-state index contributed by atoms with van der Waals surface area (Å²) in [6, 6.07) is 16.3. The number of fused-ring (bicyclic) bond motifs is 4. The molecule has 2 atom stereocenters. The molecule has 0 radical (unpaired) electrons. The molecule has 0 bridgehead atoms. The van der Waals surface area contributed by atoms with Crippen molar-refractivity contribution in [2.75, 3.05) is 19.6 Å². The Kier molecular flexibility index (Phi) is 3.69. The molecule has 6 rings (SSSR count). The summed E-state index contributed by atoms with van der Waals surface area (Å²) in [6.07, 6.45) is 7.11. The van der Waals surface area contributed by atoms with Crippen molar-refractivity contribution in [3.8, 4) is 0 Å². The molecule has 1 aliphatic carbocycles. The van der Waals surface area contributed by atoms with Gasteiger partial charge in [0.15, 0.2) is 0 Å². The second-order valence-corrected chi connectivity index (χ2v) is 9.01. The number of carbonyl (C=O) groups is 1. The van der Waals surface area contributed by atoms with Crippen molar-refractivity contribution in [3.05, 3.63) is 82.6 Å². The SMILES string of the molecule is O=C1c2ccccc2C2(CC2)C2(c3ccc(Cl)cc3)N(CC3CC=CO3)CCN12. The van der Waals surface area contributed by atoms with Crippen molar-refractivity contribution in [1.82, 2.24) is 9.80 Å². The van der Waals surface area contributed by atoms with Gasteiger partial charge in [-0.05, 0) is 48.2 Å². The van der Waals surface area contributed by atoms with E-state index in [1.807, 2.05) is 30.5 Å². The van der Waals surface area contributed by atoms with Crippen molar-refractivity contribution in [2.45, 2.75) is 36.4 Å². The van der Waals surface area contributed by atoms with E-state index in [1.54, 1.807) is 0 Å². The lowest BCUT2D eigenvalue weighted by atomic mass is 9.71. The van der Waals surface area contributed by atoms with E-state index >= 15 is 0 Å². The molecule has 4 nitrogen and oxygen atoms in total. The largest absolute Gasteiger partial charge is 0.497 e. The Morgan fingerprint density at radius 1 is 1.07 bits per heavy atom. The topological polar surface area (TPSA) is 32.8 Å². The Morgan fingerprint density at radius 3 is 2.59 bits per heavy atom. The maximum atomic E-state index is 13.7. The van der Waals surface area contributed by atoms with E-state index in [-0.39, 0.29) is 17.4 Å². The lowest BCUT2D eigenvalue weighted by Crippen LogP contribution is -2.64. The predicted molar refractivity (Wildman–Crippen MR) is 112 cm³/mol. The predicted octanol–water partition coefficient (Wildman–Crippen LogP) is 4.30. The average molecular weight is 407 g/mol. The Labute approximate surface area is 175 Å². The molecule has 0 aromatic heterocycles. The van der Waals surface area contributed by atoms with Crippen LogP contribution in [0.25, 0.3) is 0 Å². The number of carbonyl (C=O) groups excluding carboxylic acids is 1. The number of hydrogen-bond acceptors (Lipinski definition) is 3. The summed E-state index contributed by atoms with van der Waals surface area (Å²) in [4.78, 5) is 18.3. The highest BCUT2D eigenvalue weighted by molar-refractivity contribution is 6.30. The number of halogens is 1. The summed E-state index contributed by atoms with van der Waals surface area (Å²) in [6.45, 7) is 2.39. The van der Waals surface area contributed by atoms with Crippen LogP contribution in [0.4, 0.5) is 0 Å². The quantitative estimate of drug-likeness (QED) is 0.761. The molecule has 5 heteroatoms. The van der Waals surface area contributed by atoms with Crippen LogP contribution in [0.1, 0.15) is 40.7 Å². The van der Waals surface area contributed by atoms with Gasteiger partial charge < -0.3 is 9.64 Å². The summed E-state index contributed by atoms with van der Waals surface area (Å²) in [5.74, 6) is 0.140. The monoisotopic (exact) mass is 406 g/mol. The van der Waals surface area contributed by atoms with Crippen molar-refractivity contribution >= 4 is 17.5 Å². The van der Waals surface area contributed by atoms with E-state index in [2.05, 4.69) is 40.1 Å². The van der Waals surface area contributed by atoms with Crippen molar-refractivity contribution in [1.29, 1.82) is 0 Å². The van der Waals surface area contributed by atoms with Gasteiger partial charge in [-0.25, -0.2) is 0 Å². The molecule has 29 heavy (non-hydrogen) atoms. The zero-order chi connectivity index (χ0) is 19.6. The van der Waals surface area contributed by atoms with Crippen LogP contribution in [0.2, 0.25) is 5.02 Å². The molecule has 1 saturated carbocycles. The van der Waals surface area contributed by atoms with E-state index < -0.39 is 5.66 Å². The van der Waals surface area contributed by atoms with Crippen LogP contribution in [-0.2, 0) is 15.8 Å². The van der Waals surface area contributed by atoms with Gasteiger partial charge in [-0.2, -0.15) is 0 Å². The average Bonchev–Trinajstić information content (AvgIpc) is 3.19. The van der Waals surface area contributed by atoms with Gasteiger partial charge in [-0.1, -0.05) is 41.9 Å². The first-order valence-corrected chi connectivity index (χ1v) is 10.8. The van der Waals surface area contributed by atoms with Gasteiger partial charge in [0.25, 0.3) is 5.91 Å². The fourth-order valence-electron chi connectivity index (χ4n) is 6.00. The summed E-state index contributed by atoms with van der Waals surface area (Å²) in [7, 11) is 0. The van der Waals surface area contributed by atoms with E-state index in [1.165, 1.54) is 5.56 Å². The molecule has 1 amide bonds. The standard InChI is InChI=1S/C24H23ClN2O2/c25-18-9-7-17(8-10-18)24-23(11-12-23)21-6-2-1-5-20(21)22(28)27(24)14-13-26(24)16-19-4-3-15-29-19/h1-3,5-10,15,19H,4,11-14,16H2. The molecule has 3 heterocycles. The maximum Gasteiger partial charge on any atom is 0.255 e. The fourth-order valence-corrected chi connectivity index (χ4v) is 6.13. The highest BCUT2D eigenvalue weighted by Gasteiger charge is 2.72. The minimum absolute atomic E-state index is 0.0755. The van der Waals surface area contributed by atoms with Crippen molar-refractivity contribution in [2.24, 2.45) is 0 Å². The Bertz CT molecular complexity index is 1010. The molecule has 2 fully saturated rings. The molecule has 1 saturated heterocycles. The molecular weight excluding hydrogens is 384 g/mol. The smallest absolute Gasteiger partial charge is 0.255 e. The molecular formula is C24H23ClN2O2. The van der Waals surface area contributed by atoms with Gasteiger partial charge in [0, 0.05) is 42.1 Å². The first-order valence-electron chi connectivity index (χ1n) is 10.4. The Hall–Kier alpha value is -2.30. The second-order valence-electron chi connectivity index (χ2n) is 8.58. The van der Waals surface area contributed by atoms with Gasteiger partial charge >= 0.3 is 0 Å². The third-order valence-corrected chi connectivity index (χ3v) is 7.47. The van der Waals surface area contributed by atoms with Crippen LogP contribution in [0.15, 0.2) is 60.9 Å². The summed E-state index contributed by atoms with van der Waals surface area (Å²) < 4.78 is 5.83. The minimum atomic E-state index is -0.477. The molecule has 3 aliphatic heterocycles. The van der Waals surface area contributed by atoms with E-state index in [0.717, 1.165) is 55.0 Å². The lowest BCUT2D eigenvalue weighted by Gasteiger charge is -2.54. The van der Waals surface area contributed by atoms with E-state index in [0.29, 0.717) is 0 Å². The van der Waals surface area contributed by atoms with Gasteiger partial charge in [-0.3, -0.25) is 9.69 Å². The first kappa shape index (κ1) is 17.5. The number of amides is 1. The molecule has 2 aromatic rings. The fraction of sp³-hybridized carbons (Fsp3) is 0.375. The van der Waals surface area contributed by atoms with Crippen LogP contribution in [-0.4, -0.2) is 41.4 Å². The number of nitrogens with zero attached hydrogens (tertiary/aromatic N) is 2. The van der Waals surface area contributed by atoms with Gasteiger partial charge in [0.1, 0.15) is 11.8 Å². The molecule has 1 spiro atoms. The minimum Gasteiger partial charge on any atom is -0.497 e. The van der Waals surface area contributed by atoms with Crippen molar-refractivity contribution in [3.63, 3.8) is 0 Å². The van der Waals surface area contributed by atoms with E-state index in [4.69, 9.17) is 16.3 Å². The van der Waals surface area contributed by atoms with Gasteiger partial charge in [0.05, 0.1) is 6.26 Å². The van der Waals surface area contributed by atoms with Crippen LogP contribution in [0, 0.1) is 0 Å². The van der Waals surface area contributed by atoms with Gasteiger partial charge in [-0.15, -0.1) is 0 Å². The summed E-state index contributed by atoms with van der Waals surface area (Å²) in [5, 5.41) is 0.719. The molecule has 148 valence electrons. The third-order valence-electron chi connectivity index (χ3n) is 7.21. The normalized spacial score (nSPS) is 29.1. The first-order chi connectivity index (χ1) is 14.2. The maximum absolute atomic E-state index is 13.7.